The lowest BCUT2D eigenvalue weighted by Gasteiger charge is -2.12. The number of ether oxygens (including phenoxy) is 3. The van der Waals surface area contributed by atoms with E-state index in [0.29, 0.717) is 40.0 Å². The summed E-state index contributed by atoms with van der Waals surface area (Å²) in [6, 6.07) is 18.4. The maximum absolute atomic E-state index is 12.3. The van der Waals surface area contributed by atoms with Gasteiger partial charge in [0.25, 0.3) is 5.56 Å². The molecule has 0 radical (unpaired) electrons. The van der Waals surface area contributed by atoms with E-state index in [4.69, 9.17) is 14.2 Å². The van der Waals surface area contributed by atoms with Crippen LogP contribution in [-0.4, -0.2) is 29.6 Å². The predicted octanol–water partition coefficient (Wildman–Crippen LogP) is 3.93. The summed E-state index contributed by atoms with van der Waals surface area (Å²) in [4.78, 5) is 28.9. The number of pyridine rings is 1. The Balaban J connectivity index is 1.34. The molecule has 0 aliphatic rings. The highest BCUT2D eigenvalue weighted by Crippen LogP contribution is 2.29. The van der Waals surface area contributed by atoms with E-state index in [0.717, 1.165) is 0 Å². The molecule has 0 fully saturated rings. The summed E-state index contributed by atoms with van der Waals surface area (Å²) in [5.74, 6) is 1.67. The van der Waals surface area contributed by atoms with Crippen LogP contribution in [-0.2, 0) is 6.61 Å². The van der Waals surface area contributed by atoms with E-state index in [2.05, 4.69) is 15.6 Å². The quantitative estimate of drug-likeness (QED) is 0.446. The summed E-state index contributed by atoms with van der Waals surface area (Å²) in [6.07, 6.45) is 1.67. The summed E-state index contributed by atoms with van der Waals surface area (Å²) in [7, 11) is 3.07. The summed E-state index contributed by atoms with van der Waals surface area (Å²) in [6.45, 7) is 0.146. The number of hydrogen-bond acceptors (Lipinski definition) is 6. The molecule has 2 aromatic heterocycles. The average molecular weight is 446 g/mol. The summed E-state index contributed by atoms with van der Waals surface area (Å²) in [5, 5.41) is 5.49. The van der Waals surface area contributed by atoms with Gasteiger partial charge in [-0.1, -0.05) is 6.07 Å². The Labute approximate surface area is 189 Å². The fraction of sp³-hybridized carbons (Fsp3) is 0.125. The molecule has 9 heteroatoms. The van der Waals surface area contributed by atoms with Crippen LogP contribution in [0, 0.1) is 0 Å². The Morgan fingerprint density at radius 1 is 0.909 bits per heavy atom. The number of anilines is 2. The zero-order valence-electron chi connectivity index (χ0n) is 18.1. The third-order valence-electron chi connectivity index (χ3n) is 4.76. The molecule has 9 nitrogen and oxygen atoms in total. The van der Waals surface area contributed by atoms with Gasteiger partial charge in [-0.15, -0.1) is 0 Å². The first-order valence-corrected chi connectivity index (χ1v) is 10.1. The molecule has 0 aliphatic heterocycles. The molecule has 168 valence electrons. The second-order valence-corrected chi connectivity index (χ2v) is 6.98. The van der Waals surface area contributed by atoms with Gasteiger partial charge in [0.1, 0.15) is 18.0 Å². The molecule has 0 spiro atoms. The molecule has 0 saturated carbocycles. The molecule has 4 aromatic rings. The van der Waals surface area contributed by atoms with Gasteiger partial charge in [-0.05, 0) is 48.5 Å². The number of nitrogens with one attached hydrogen (secondary N) is 2. The molecule has 2 heterocycles. The molecule has 0 aliphatic carbocycles. The van der Waals surface area contributed by atoms with Crippen LogP contribution >= 0.6 is 0 Å². The topological polar surface area (TPSA) is 103 Å². The van der Waals surface area contributed by atoms with Gasteiger partial charge >= 0.3 is 6.03 Å². The minimum Gasteiger partial charge on any atom is -0.493 e. The van der Waals surface area contributed by atoms with Crippen LogP contribution in [0.15, 0.2) is 77.7 Å². The zero-order chi connectivity index (χ0) is 23.2. The number of nitrogens with zero attached hydrogens (tertiary/aromatic N) is 2. The molecule has 4 rings (SSSR count). The Kier molecular flexibility index (Phi) is 6.40. The Hall–Kier alpha value is -4.53. The van der Waals surface area contributed by atoms with E-state index < -0.39 is 6.03 Å². The smallest absolute Gasteiger partial charge is 0.323 e. The molecule has 0 unspecified atom stereocenters. The summed E-state index contributed by atoms with van der Waals surface area (Å²) >= 11 is 0. The average Bonchev–Trinajstić information content (AvgIpc) is 2.83. The Morgan fingerprint density at radius 2 is 1.64 bits per heavy atom. The van der Waals surface area contributed by atoms with Gasteiger partial charge in [0.2, 0.25) is 0 Å². The first kappa shape index (κ1) is 21.7. The summed E-state index contributed by atoms with van der Waals surface area (Å²) < 4.78 is 17.6. The van der Waals surface area contributed by atoms with Crippen LogP contribution in [0.5, 0.6) is 17.2 Å². The van der Waals surface area contributed by atoms with Gasteiger partial charge in [0.15, 0.2) is 11.5 Å². The van der Waals surface area contributed by atoms with E-state index in [1.54, 1.807) is 67.9 Å². The number of hydrogen-bond donors (Lipinski definition) is 2. The van der Waals surface area contributed by atoms with Crippen molar-refractivity contribution in [3.05, 3.63) is 89.0 Å². The van der Waals surface area contributed by atoms with Crippen molar-refractivity contribution in [3.63, 3.8) is 0 Å². The molecule has 2 aromatic carbocycles. The fourth-order valence-electron chi connectivity index (χ4n) is 3.18. The number of fused-ring (bicyclic) bond motifs is 1. The van der Waals surface area contributed by atoms with Crippen molar-refractivity contribution < 1.29 is 19.0 Å². The number of methoxy groups -OCH3 is 2. The van der Waals surface area contributed by atoms with Crippen molar-refractivity contribution in [3.8, 4) is 17.2 Å². The first-order valence-electron chi connectivity index (χ1n) is 10.1. The van der Waals surface area contributed by atoms with E-state index in [1.165, 1.54) is 17.6 Å². The zero-order valence-corrected chi connectivity index (χ0v) is 18.1. The van der Waals surface area contributed by atoms with E-state index >= 15 is 0 Å². The van der Waals surface area contributed by atoms with Crippen LogP contribution in [0.1, 0.15) is 5.69 Å². The minimum absolute atomic E-state index is 0.146. The molecule has 33 heavy (non-hydrogen) atoms. The summed E-state index contributed by atoms with van der Waals surface area (Å²) in [5.41, 5.74) is 2.07. The van der Waals surface area contributed by atoms with Crippen molar-refractivity contribution in [2.24, 2.45) is 0 Å². The van der Waals surface area contributed by atoms with E-state index in [9.17, 15) is 9.59 Å². The van der Waals surface area contributed by atoms with Crippen LogP contribution < -0.4 is 30.4 Å². The highest BCUT2D eigenvalue weighted by Gasteiger charge is 2.08. The van der Waals surface area contributed by atoms with Gasteiger partial charge in [-0.3, -0.25) is 9.20 Å². The second-order valence-electron chi connectivity index (χ2n) is 6.98. The molecular formula is C24H22N4O5. The second kappa shape index (κ2) is 9.73. The van der Waals surface area contributed by atoms with Gasteiger partial charge in [-0.2, -0.15) is 0 Å². The monoisotopic (exact) mass is 446 g/mol. The first-order chi connectivity index (χ1) is 16.1. The molecule has 0 saturated heterocycles. The maximum atomic E-state index is 12.3. The van der Waals surface area contributed by atoms with Crippen molar-refractivity contribution in [2.45, 2.75) is 6.61 Å². The van der Waals surface area contributed by atoms with Crippen molar-refractivity contribution in [1.29, 1.82) is 0 Å². The highest BCUT2D eigenvalue weighted by molar-refractivity contribution is 5.99. The molecule has 0 bridgehead atoms. The lowest BCUT2D eigenvalue weighted by Crippen LogP contribution is -2.19. The maximum Gasteiger partial charge on any atom is 0.323 e. The third-order valence-corrected chi connectivity index (χ3v) is 4.76. The number of benzene rings is 2. The van der Waals surface area contributed by atoms with Crippen LogP contribution in [0.25, 0.3) is 5.65 Å². The van der Waals surface area contributed by atoms with Crippen molar-refractivity contribution >= 4 is 23.1 Å². The third kappa shape index (κ3) is 5.21. The van der Waals surface area contributed by atoms with Crippen LogP contribution in [0.4, 0.5) is 16.2 Å². The lowest BCUT2D eigenvalue weighted by molar-refractivity contribution is 0.262. The molecule has 0 atom stereocenters. The van der Waals surface area contributed by atoms with Gasteiger partial charge < -0.3 is 24.8 Å². The Bertz CT molecular complexity index is 1340. The number of amides is 2. The number of carbonyl (C=O) groups excluding carboxylic acids is 1. The minimum atomic E-state index is -0.406. The molecular weight excluding hydrogens is 424 g/mol. The molecule has 2 amide bonds. The van der Waals surface area contributed by atoms with E-state index in [1.807, 2.05) is 6.07 Å². The largest absolute Gasteiger partial charge is 0.493 e. The molecule has 2 N–H and O–H groups in total. The van der Waals surface area contributed by atoms with E-state index in [-0.39, 0.29) is 12.2 Å². The fourth-order valence-corrected chi connectivity index (χ4v) is 3.18. The van der Waals surface area contributed by atoms with Gasteiger partial charge in [0, 0.05) is 29.7 Å². The van der Waals surface area contributed by atoms with Crippen LogP contribution in [0.2, 0.25) is 0 Å². The highest BCUT2D eigenvalue weighted by atomic mass is 16.5. The SMILES string of the molecule is COc1ccc(NC(=O)Nc2ccc(OCc3cc(=O)n4ccccc4n3)cc2)cc1OC. The van der Waals surface area contributed by atoms with Crippen molar-refractivity contribution in [1.82, 2.24) is 9.38 Å². The normalized spacial score (nSPS) is 10.5. The predicted molar refractivity (Wildman–Crippen MR) is 124 cm³/mol. The number of urea groups is 1. The van der Waals surface area contributed by atoms with Crippen LogP contribution in [0.3, 0.4) is 0 Å². The lowest BCUT2D eigenvalue weighted by atomic mass is 10.2. The number of aromatic nitrogens is 2. The number of carbonyl (C=O) groups is 1. The number of rotatable bonds is 7. The Morgan fingerprint density at radius 3 is 2.39 bits per heavy atom. The van der Waals surface area contributed by atoms with Gasteiger partial charge in [0.05, 0.1) is 19.9 Å². The standard InChI is InChI=1S/C24H22N4O5/c1-31-20-11-8-17(13-21(20)32-2)27-24(30)26-16-6-9-19(10-7-16)33-15-18-14-23(29)28-12-4-3-5-22(28)25-18/h3-14H,15H2,1-2H3,(H2,26,27,30). The van der Waals surface area contributed by atoms with Crippen molar-refractivity contribution in [2.75, 3.05) is 24.9 Å². The van der Waals surface area contributed by atoms with Gasteiger partial charge in [-0.25, -0.2) is 9.78 Å².